The van der Waals surface area contributed by atoms with Gasteiger partial charge in [0.15, 0.2) is 0 Å². The Morgan fingerprint density at radius 2 is 1.75 bits per heavy atom. The van der Waals surface area contributed by atoms with Crippen LogP contribution in [0.4, 0.5) is 0 Å². The van der Waals surface area contributed by atoms with E-state index >= 15 is 0 Å². The molecule has 0 saturated heterocycles. The van der Waals surface area contributed by atoms with Gasteiger partial charge in [0, 0.05) is 18.3 Å². The molecule has 1 heterocycles. The van der Waals surface area contributed by atoms with Crippen molar-refractivity contribution < 1.29 is 4.74 Å². The zero-order valence-corrected chi connectivity index (χ0v) is 13.8. The molecule has 0 saturated carbocycles. The minimum atomic E-state index is 0.453. The number of fused-ring (bicyclic) bond motifs is 1. The molecule has 0 aliphatic heterocycles. The number of nitrogens with zero attached hydrogens (tertiary/aromatic N) is 2. The largest absolute Gasteiger partial charge is 0.494 e. The van der Waals surface area contributed by atoms with E-state index in [0.717, 1.165) is 43.7 Å². The molecule has 0 atom stereocenters. The average molecular weight is 318 g/mol. The van der Waals surface area contributed by atoms with Gasteiger partial charge >= 0.3 is 0 Å². The first-order valence-corrected chi connectivity index (χ1v) is 8.49. The summed E-state index contributed by atoms with van der Waals surface area (Å²) in [5.74, 6) is 0.882. The first kappa shape index (κ1) is 16.1. The molecule has 3 nitrogen and oxygen atoms in total. The lowest BCUT2D eigenvalue weighted by atomic mass is 10.2. The van der Waals surface area contributed by atoms with Gasteiger partial charge in [-0.15, -0.1) is 0 Å². The number of hydrogen-bond donors (Lipinski definition) is 0. The summed E-state index contributed by atoms with van der Waals surface area (Å²) in [7, 11) is 0. The summed E-state index contributed by atoms with van der Waals surface area (Å²) < 4.78 is 8.08. The zero-order chi connectivity index (χ0) is 16.6. The molecule has 0 fully saturated rings. The van der Waals surface area contributed by atoms with Crippen LogP contribution in [0.1, 0.15) is 24.8 Å². The number of para-hydroxylation sites is 1. The molecule has 2 aromatic carbocycles. The van der Waals surface area contributed by atoms with Crippen LogP contribution >= 0.6 is 0 Å². The third-order valence-corrected chi connectivity index (χ3v) is 4.20. The minimum Gasteiger partial charge on any atom is -0.494 e. The predicted octanol–water partition coefficient (Wildman–Crippen LogP) is 4.96. The standard InChI is InChI=1S/C21H22N2O/c22-14-12-18-8-10-20(11-9-18)24-17-5-1-4-15-23-16-13-19-6-2-3-7-21(19)23/h2-3,6-11,13,16H,1,4-5,12,15,17H2. The summed E-state index contributed by atoms with van der Waals surface area (Å²) in [6.07, 6.45) is 5.99. The van der Waals surface area contributed by atoms with Crippen LogP contribution in [0.5, 0.6) is 5.75 Å². The van der Waals surface area contributed by atoms with E-state index in [4.69, 9.17) is 10.00 Å². The summed E-state index contributed by atoms with van der Waals surface area (Å²) in [5, 5.41) is 9.96. The Balaban J connectivity index is 1.36. The number of unbranched alkanes of at least 4 members (excludes halogenated alkanes) is 2. The molecular formula is C21H22N2O. The van der Waals surface area contributed by atoms with Crippen LogP contribution in [-0.2, 0) is 13.0 Å². The topological polar surface area (TPSA) is 37.9 Å². The number of rotatable bonds is 8. The van der Waals surface area contributed by atoms with Crippen molar-refractivity contribution in [3.05, 3.63) is 66.4 Å². The van der Waals surface area contributed by atoms with Gasteiger partial charge in [0.25, 0.3) is 0 Å². The molecule has 1 aromatic heterocycles. The van der Waals surface area contributed by atoms with E-state index in [1.54, 1.807) is 0 Å². The van der Waals surface area contributed by atoms with E-state index in [1.807, 2.05) is 24.3 Å². The number of benzene rings is 2. The van der Waals surface area contributed by atoms with Crippen LogP contribution in [-0.4, -0.2) is 11.2 Å². The van der Waals surface area contributed by atoms with Gasteiger partial charge in [0.05, 0.1) is 19.1 Å². The summed E-state index contributed by atoms with van der Waals surface area (Å²) in [4.78, 5) is 0. The fourth-order valence-electron chi connectivity index (χ4n) is 2.88. The Labute approximate surface area is 143 Å². The monoisotopic (exact) mass is 318 g/mol. The van der Waals surface area contributed by atoms with Crippen molar-refractivity contribution >= 4 is 10.9 Å². The van der Waals surface area contributed by atoms with Crippen LogP contribution in [0.25, 0.3) is 10.9 Å². The van der Waals surface area contributed by atoms with Crippen LogP contribution in [0.15, 0.2) is 60.8 Å². The normalized spacial score (nSPS) is 10.6. The molecule has 0 N–H and O–H groups in total. The Bertz CT molecular complexity index is 812. The number of nitriles is 1. The highest BCUT2D eigenvalue weighted by Gasteiger charge is 2.00. The van der Waals surface area contributed by atoms with E-state index in [0.29, 0.717) is 6.42 Å². The first-order chi connectivity index (χ1) is 11.9. The van der Waals surface area contributed by atoms with Gasteiger partial charge in [-0.3, -0.25) is 0 Å². The quantitative estimate of drug-likeness (QED) is 0.551. The lowest BCUT2D eigenvalue weighted by Crippen LogP contribution is -2.00. The second kappa shape index (κ2) is 8.21. The van der Waals surface area contributed by atoms with Crippen molar-refractivity contribution in [3.63, 3.8) is 0 Å². The fourth-order valence-corrected chi connectivity index (χ4v) is 2.88. The Morgan fingerprint density at radius 1 is 0.917 bits per heavy atom. The molecule has 122 valence electrons. The third kappa shape index (κ3) is 4.17. The molecule has 0 aliphatic carbocycles. The van der Waals surface area contributed by atoms with E-state index in [2.05, 4.69) is 47.2 Å². The van der Waals surface area contributed by atoms with Gasteiger partial charge in [-0.05, 0) is 54.5 Å². The molecule has 0 radical (unpaired) electrons. The molecule has 0 amide bonds. The minimum absolute atomic E-state index is 0.453. The van der Waals surface area contributed by atoms with Crippen LogP contribution in [0, 0.1) is 11.3 Å². The number of ether oxygens (including phenoxy) is 1. The fraction of sp³-hybridized carbons (Fsp3) is 0.286. The number of aromatic nitrogens is 1. The van der Waals surface area contributed by atoms with E-state index in [1.165, 1.54) is 10.9 Å². The molecule has 0 spiro atoms. The maximum absolute atomic E-state index is 8.66. The lowest BCUT2D eigenvalue weighted by molar-refractivity contribution is 0.304. The molecule has 0 aliphatic rings. The van der Waals surface area contributed by atoms with Gasteiger partial charge < -0.3 is 9.30 Å². The van der Waals surface area contributed by atoms with Gasteiger partial charge in [-0.25, -0.2) is 0 Å². The third-order valence-electron chi connectivity index (χ3n) is 4.20. The first-order valence-electron chi connectivity index (χ1n) is 8.49. The van der Waals surface area contributed by atoms with E-state index in [-0.39, 0.29) is 0 Å². The van der Waals surface area contributed by atoms with Crippen molar-refractivity contribution in [3.8, 4) is 11.8 Å². The molecule has 0 unspecified atom stereocenters. The van der Waals surface area contributed by atoms with Gasteiger partial charge in [0.1, 0.15) is 5.75 Å². The van der Waals surface area contributed by atoms with Gasteiger partial charge in [-0.1, -0.05) is 30.3 Å². The van der Waals surface area contributed by atoms with Crippen molar-refractivity contribution in [1.29, 1.82) is 5.26 Å². The van der Waals surface area contributed by atoms with Gasteiger partial charge in [-0.2, -0.15) is 5.26 Å². The zero-order valence-electron chi connectivity index (χ0n) is 13.8. The maximum atomic E-state index is 8.66. The van der Waals surface area contributed by atoms with Crippen LogP contribution in [0.2, 0.25) is 0 Å². The summed E-state index contributed by atoms with van der Waals surface area (Å²) in [6, 6.07) is 20.6. The summed E-state index contributed by atoms with van der Waals surface area (Å²) in [5.41, 5.74) is 2.34. The molecule has 3 aromatic rings. The predicted molar refractivity (Wildman–Crippen MR) is 97.0 cm³/mol. The molecule has 24 heavy (non-hydrogen) atoms. The van der Waals surface area contributed by atoms with Crippen molar-refractivity contribution in [2.45, 2.75) is 32.2 Å². The number of aryl methyl sites for hydroxylation is 1. The van der Waals surface area contributed by atoms with Crippen molar-refractivity contribution in [2.24, 2.45) is 0 Å². The second-order valence-electron chi connectivity index (χ2n) is 5.96. The van der Waals surface area contributed by atoms with Crippen LogP contribution in [0.3, 0.4) is 0 Å². The van der Waals surface area contributed by atoms with E-state index in [9.17, 15) is 0 Å². The Kier molecular flexibility index (Phi) is 5.52. The van der Waals surface area contributed by atoms with E-state index < -0.39 is 0 Å². The lowest BCUT2D eigenvalue weighted by Gasteiger charge is -2.08. The maximum Gasteiger partial charge on any atom is 0.119 e. The highest BCUT2D eigenvalue weighted by Crippen LogP contribution is 2.16. The van der Waals surface area contributed by atoms with Gasteiger partial charge in [0.2, 0.25) is 0 Å². The highest BCUT2D eigenvalue weighted by molar-refractivity contribution is 5.79. The second-order valence-corrected chi connectivity index (χ2v) is 5.96. The average Bonchev–Trinajstić information content (AvgIpc) is 3.03. The molecule has 3 rings (SSSR count). The summed E-state index contributed by atoms with van der Waals surface area (Å²) in [6.45, 7) is 1.79. The Hall–Kier alpha value is -2.73. The molecule has 0 bridgehead atoms. The SMILES string of the molecule is N#CCc1ccc(OCCCCCn2ccc3ccccc32)cc1. The number of hydrogen-bond acceptors (Lipinski definition) is 2. The molecular weight excluding hydrogens is 296 g/mol. The van der Waals surface area contributed by atoms with Crippen molar-refractivity contribution in [2.75, 3.05) is 6.61 Å². The summed E-state index contributed by atoms with van der Waals surface area (Å²) >= 11 is 0. The van der Waals surface area contributed by atoms with Crippen molar-refractivity contribution in [1.82, 2.24) is 4.57 Å². The van der Waals surface area contributed by atoms with Crippen LogP contribution < -0.4 is 4.74 Å². The Morgan fingerprint density at radius 3 is 2.58 bits per heavy atom. The molecule has 3 heteroatoms. The highest BCUT2D eigenvalue weighted by atomic mass is 16.5. The smallest absolute Gasteiger partial charge is 0.119 e.